The van der Waals surface area contributed by atoms with E-state index >= 15 is 0 Å². The lowest BCUT2D eigenvalue weighted by Gasteiger charge is -2.21. The molecule has 4 N–H and O–H groups in total. The van der Waals surface area contributed by atoms with Crippen molar-refractivity contribution in [3.63, 3.8) is 0 Å². The number of carbonyl (C=O) groups excluding carboxylic acids is 1. The Hall–Kier alpha value is -3.35. The summed E-state index contributed by atoms with van der Waals surface area (Å²) in [4.78, 5) is 31.8. The van der Waals surface area contributed by atoms with Crippen LogP contribution in [0.4, 0.5) is 27.5 Å². The summed E-state index contributed by atoms with van der Waals surface area (Å²) >= 11 is 0. The minimum atomic E-state index is -4.29. The summed E-state index contributed by atoms with van der Waals surface area (Å²) in [6, 6.07) is 3.29. The number of nitrogens with one attached hydrogen (secondary N) is 3. The van der Waals surface area contributed by atoms with E-state index < -0.39 is 45.5 Å². The highest BCUT2D eigenvalue weighted by molar-refractivity contribution is 7.92. The van der Waals surface area contributed by atoms with Crippen molar-refractivity contribution in [1.82, 2.24) is 14.7 Å². The molecule has 1 amide bonds. The van der Waals surface area contributed by atoms with Gasteiger partial charge in [-0.15, -0.1) is 0 Å². The Kier molecular flexibility index (Phi) is 5.57. The van der Waals surface area contributed by atoms with Gasteiger partial charge in [0.25, 0.3) is 11.5 Å². The van der Waals surface area contributed by atoms with Crippen molar-refractivity contribution < 1.29 is 22.7 Å². The summed E-state index contributed by atoms with van der Waals surface area (Å²) in [7, 11) is -2.51. The highest BCUT2D eigenvalue weighted by Crippen LogP contribution is 2.36. The van der Waals surface area contributed by atoms with Crippen LogP contribution in [0.3, 0.4) is 0 Å². The molecule has 0 saturated carbocycles. The predicted octanol–water partition coefficient (Wildman–Crippen LogP) is 0.631. The first-order valence-corrected chi connectivity index (χ1v) is 10.4. The average molecular weight is 440 g/mol. The molecule has 11 nitrogen and oxygen atoms in total. The fraction of sp³-hybridized carbons (Fsp3) is 0.353. The Balaban J connectivity index is 1.91. The van der Waals surface area contributed by atoms with Gasteiger partial charge in [-0.25, -0.2) is 13.4 Å². The topological polar surface area (TPSA) is 148 Å². The number of hydrogen-bond donors (Lipinski definition) is 4. The van der Waals surface area contributed by atoms with Gasteiger partial charge in [0, 0.05) is 31.4 Å². The molecule has 3 rings (SSSR count). The lowest BCUT2D eigenvalue weighted by Crippen LogP contribution is -2.30. The smallest absolute Gasteiger partial charge is 0.326 e. The molecule has 1 aliphatic rings. The number of aromatic hydroxyl groups is 1. The molecule has 30 heavy (non-hydrogen) atoms. The van der Waals surface area contributed by atoms with E-state index in [1.165, 1.54) is 6.07 Å². The van der Waals surface area contributed by atoms with Gasteiger partial charge in [0.1, 0.15) is 23.8 Å². The third-order valence-electron chi connectivity index (χ3n) is 4.13. The average Bonchev–Trinajstić information content (AvgIpc) is 2.85. The number of carbonyl (C=O) groups is 1. The van der Waals surface area contributed by atoms with E-state index in [-0.39, 0.29) is 11.6 Å². The Labute approximate surface area is 171 Å². The van der Waals surface area contributed by atoms with Crippen molar-refractivity contribution >= 4 is 39.3 Å². The number of aromatic nitrogens is 2. The van der Waals surface area contributed by atoms with Gasteiger partial charge < -0.3 is 15.3 Å². The zero-order chi connectivity index (χ0) is 22.2. The molecule has 13 heteroatoms. The molecular weight excluding hydrogens is 419 g/mol. The van der Waals surface area contributed by atoms with Gasteiger partial charge in [0.05, 0.1) is 0 Å². The van der Waals surface area contributed by atoms with Crippen LogP contribution in [0.5, 0.6) is 5.75 Å². The Morgan fingerprint density at radius 3 is 2.60 bits per heavy atom. The van der Waals surface area contributed by atoms with Gasteiger partial charge in [-0.1, -0.05) is 13.8 Å². The predicted molar refractivity (Wildman–Crippen MR) is 109 cm³/mol. The molecule has 0 bridgehead atoms. The second kappa shape index (κ2) is 7.82. The normalized spacial score (nSPS) is 15.4. The maximum atomic E-state index is 14.6. The van der Waals surface area contributed by atoms with Gasteiger partial charge in [0.2, 0.25) is 5.95 Å². The van der Waals surface area contributed by atoms with Gasteiger partial charge in [-0.2, -0.15) is 13.4 Å². The van der Waals surface area contributed by atoms with Crippen LogP contribution in [0.25, 0.3) is 0 Å². The molecular formula is C17H21FN6O5S. The number of phenolic OH excluding ortho intramolecular Hbond substituents is 1. The van der Waals surface area contributed by atoms with Crippen LogP contribution < -0.4 is 24.8 Å². The number of anilines is 4. The van der Waals surface area contributed by atoms with Crippen LogP contribution in [0.1, 0.15) is 13.8 Å². The van der Waals surface area contributed by atoms with Crippen molar-refractivity contribution in [2.24, 2.45) is 5.92 Å². The van der Waals surface area contributed by atoms with Gasteiger partial charge >= 0.3 is 10.2 Å². The Morgan fingerprint density at radius 1 is 1.33 bits per heavy atom. The van der Waals surface area contributed by atoms with E-state index in [2.05, 4.69) is 15.3 Å². The molecule has 1 aromatic carbocycles. The summed E-state index contributed by atoms with van der Waals surface area (Å²) in [5.41, 5.74) is -1.09. The van der Waals surface area contributed by atoms with Crippen LogP contribution in [0, 0.1) is 11.7 Å². The molecule has 0 aliphatic carbocycles. The summed E-state index contributed by atoms with van der Waals surface area (Å²) < 4.78 is 40.6. The minimum absolute atomic E-state index is 0.00490. The number of phenols is 1. The van der Waals surface area contributed by atoms with Crippen molar-refractivity contribution in [3.05, 3.63) is 34.4 Å². The molecule has 1 fully saturated rings. The summed E-state index contributed by atoms with van der Waals surface area (Å²) in [5, 5.41) is 12.9. The molecule has 2 heterocycles. The van der Waals surface area contributed by atoms with Crippen LogP contribution in [0.2, 0.25) is 0 Å². The number of halogens is 1. The fourth-order valence-electron chi connectivity index (χ4n) is 3.03. The Morgan fingerprint density at radius 2 is 2.03 bits per heavy atom. The highest BCUT2D eigenvalue weighted by Gasteiger charge is 2.37. The molecule has 0 atom stereocenters. The van der Waals surface area contributed by atoms with E-state index in [0.29, 0.717) is 22.6 Å². The van der Waals surface area contributed by atoms with Crippen LogP contribution in [0.15, 0.2) is 23.0 Å². The van der Waals surface area contributed by atoms with Gasteiger partial charge in [-0.05, 0) is 12.0 Å². The van der Waals surface area contributed by atoms with E-state index in [1.807, 2.05) is 13.8 Å². The summed E-state index contributed by atoms with van der Waals surface area (Å²) in [6.07, 6.45) is 0. The minimum Gasteiger partial charge on any atom is -0.506 e. The monoisotopic (exact) mass is 440 g/mol. The molecule has 0 unspecified atom stereocenters. The lowest BCUT2D eigenvalue weighted by molar-refractivity contribution is -0.117. The Bertz CT molecular complexity index is 1130. The maximum Gasteiger partial charge on any atom is 0.326 e. The number of rotatable bonds is 6. The molecule has 1 aliphatic heterocycles. The first kappa shape index (κ1) is 21.4. The van der Waals surface area contributed by atoms with Crippen LogP contribution in [-0.2, 0) is 15.0 Å². The van der Waals surface area contributed by atoms with Crippen LogP contribution in [-0.4, -0.2) is 49.5 Å². The quantitative estimate of drug-likeness (QED) is 0.511. The molecule has 1 aromatic heterocycles. The van der Waals surface area contributed by atoms with E-state index in [0.717, 1.165) is 12.1 Å². The van der Waals surface area contributed by atoms with Crippen molar-refractivity contribution in [1.29, 1.82) is 0 Å². The molecule has 2 aromatic rings. The molecule has 1 saturated heterocycles. The van der Waals surface area contributed by atoms with E-state index in [1.54, 1.807) is 16.7 Å². The maximum absolute atomic E-state index is 14.6. The third kappa shape index (κ3) is 4.45. The third-order valence-corrected chi connectivity index (χ3v) is 5.51. The largest absolute Gasteiger partial charge is 0.506 e. The number of hydrogen-bond acceptors (Lipinski definition) is 8. The fourth-order valence-corrected chi connectivity index (χ4v) is 4.20. The lowest BCUT2D eigenvalue weighted by atomic mass is 10.2. The first-order valence-electron chi connectivity index (χ1n) is 8.91. The highest BCUT2D eigenvalue weighted by atomic mass is 32.2. The standard InChI is InChI=1S/C17H21FN6O5S/c1-9(2)7-23(3)13-6-14(26)21-17(20-13)19-10-4-11(18)16(12(25)5-10)24-8-15(27)22-30(24,28)29/h4-6,9,25H,7-8H2,1-3H3,(H,22,27)(H2,19,20,21,26). The molecule has 0 radical (unpaired) electrons. The number of H-pyrrole nitrogens is 1. The first-order chi connectivity index (χ1) is 14.0. The second-order valence-electron chi connectivity index (χ2n) is 7.21. The van der Waals surface area contributed by atoms with Crippen LogP contribution >= 0.6 is 0 Å². The van der Waals surface area contributed by atoms with E-state index in [9.17, 15) is 27.5 Å². The summed E-state index contributed by atoms with van der Waals surface area (Å²) in [6.45, 7) is 4.02. The number of benzene rings is 1. The van der Waals surface area contributed by atoms with Crippen molar-refractivity contribution in [3.8, 4) is 5.75 Å². The molecule has 162 valence electrons. The number of nitrogens with zero attached hydrogens (tertiary/aromatic N) is 3. The van der Waals surface area contributed by atoms with Gasteiger partial charge in [-0.3, -0.25) is 14.6 Å². The second-order valence-corrected chi connectivity index (χ2v) is 8.81. The van der Waals surface area contributed by atoms with Gasteiger partial charge in [0.15, 0.2) is 5.82 Å². The number of aromatic amines is 1. The SMILES string of the molecule is CC(C)CN(C)c1cc(=O)[nH]c(Nc2cc(O)c(N3CC(=O)NS3(=O)=O)c(F)c2)n1. The van der Waals surface area contributed by atoms with Crippen molar-refractivity contribution in [2.75, 3.05) is 34.7 Å². The zero-order valence-corrected chi connectivity index (χ0v) is 17.2. The van der Waals surface area contributed by atoms with E-state index in [4.69, 9.17) is 0 Å². The van der Waals surface area contributed by atoms with Crippen molar-refractivity contribution in [2.45, 2.75) is 13.8 Å². The zero-order valence-electron chi connectivity index (χ0n) is 16.4. The molecule has 0 spiro atoms. The summed E-state index contributed by atoms with van der Waals surface area (Å²) in [5.74, 6) is -1.93. The number of amides is 1.